The fourth-order valence-corrected chi connectivity index (χ4v) is 3.23. The molecule has 2 aromatic carbocycles. The minimum atomic E-state index is -0.0616. The number of methoxy groups -OCH3 is 1. The number of nitrogens with one attached hydrogen (secondary N) is 1. The van der Waals surface area contributed by atoms with Gasteiger partial charge in [0, 0.05) is 30.5 Å². The molecule has 0 bridgehead atoms. The molecule has 142 valence electrons. The number of carbonyl (C=O) groups excluding carboxylic acids is 1. The maximum absolute atomic E-state index is 10.9. The Bertz CT molecular complexity index is 945. The smallest absolute Gasteiger partial charge is 0.216 e. The first-order valence-electron chi connectivity index (χ1n) is 8.98. The molecule has 0 saturated carbocycles. The number of nitrogen functional groups attached to an aromatic ring is 1. The molecule has 0 spiro atoms. The third-order valence-corrected chi connectivity index (χ3v) is 4.50. The zero-order valence-electron chi connectivity index (χ0n) is 15.9. The maximum Gasteiger partial charge on any atom is 0.216 e. The van der Waals surface area contributed by atoms with Gasteiger partial charge in [0.05, 0.1) is 30.6 Å². The maximum atomic E-state index is 10.9. The number of fused-ring (bicyclic) bond motifs is 1. The summed E-state index contributed by atoms with van der Waals surface area (Å²) in [7, 11) is 1.66. The van der Waals surface area contributed by atoms with Gasteiger partial charge in [0.1, 0.15) is 18.1 Å². The summed E-state index contributed by atoms with van der Waals surface area (Å²) >= 11 is 0. The van der Waals surface area contributed by atoms with Gasteiger partial charge in [-0.05, 0) is 43.3 Å². The van der Waals surface area contributed by atoms with Gasteiger partial charge in [-0.1, -0.05) is 0 Å². The quantitative estimate of drug-likeness (QED) is 0.627. The van der Waals surface area contributed by atoms with Gasteiger partial charge < -0.3 is 25.1 Å². The van der Waals surface area contributed by atoms with Crippen LogP contribution in [0.3, 0.4) is 0 Å². The molecule has 0 saturated heterocycles. The third-order valence-electron chi connectivity index (χ3n) is 4.50. The number of amides is 1. The summed E-state index contributed by atoms with van der Waals surface area (Å²) in [4.78, 5) is 10.9. The molecule has 0 fully saturated rings. The molecule has 0 unspecified atom stereocenters. The van der Waals surface area contributed by atoms with E-state index in [1.54, 1.807) is 7.11 Å². The Morgan fingerprint density at radius 1 is 1.15 bits per heavy atom. The molecule has 3 N–H and O–H groups in total. The average molecular weight is 367 g/mol. The van der Waals surface area contributed by atoms with Crippen molar-refractivity contribution in [1.82, 2.24) is 9.88 Å². The molecule has 27 heavy (non-hydrogen) atoms. The number of nitrogens with zero attached hydrogens (tertiary/aromatic N) is 1. The topological polar surface area (TPSA) is 78.5 Å². The number of ether oxygens (including phenoxy) is 2. The van der Waals surface area contributed by atoms with Crippen molar-refractivity contribution >= 4 is 22.5 Å². The van der Waals surface area contributed by atoms with Gasteiger partial charge >= 0.3 is 0 Å². The Balaban J connectivity index is 1.88. The molecule has 1 aromatic heterocycles. The number of rotatable bonds is 7. The number of nitrogens with two attached hydrogens (primary N) is 1. The Morgan fingerprint density at radius 2 is 1.85 bits per heavy atom. The summed E-state index contributed by atoms with van der Waals surface area (Å²) in [6.45, 7) is 5.29. The van der Waals surface area contributed by atoms with E-state index in [9.17, 15) is 4.79 Å². The molecule has 6 nitrogen and oxygen atoms in total. The highest BCUT2D eigenvalue weighted by Gasteiger charge is 2.16. The number of benzene rings is 2. The fraction of sp³-hybridized carbons (Fsp3) is 0.286. The summed E-state index contributed by atoms with van der Waals surface area (Å²) in [6, 6.07) is 13.8. The van der Waals surface area contributed by atoms with Crippen molar-refractivity contribution in [3.05, 3.63) is 42.5 Å². The van der Waals surface area contributed by atoms with Gasteiger partial charge in [0.2, 0.25) is 5.91 Å². The number of hydrogen-bond donors (Lipinski definition) is 2. The lowest BCUT2D eigenvalue weighted by molar-refractivity contribution is -0.119. The number of hydrogen-bond acceptors (Lipinski definition) is 4. The zero-order valence-corrected chi connectivity index (χ0v) is 15.9. The molecule has 1 heterocycles. The Labute approximate surface area is 158 Å². The molecule has 1 amide bonds. The van der Waals surface area contributed by atoms with Crippen molar-refractivity contribution < 1.29 is 14.3 Å². The van der Waals surface area contributed by atoms with E-state index >= 15 is 0 Å². The molecule has 0 atom stereocenters. The molecule has 3 aromatic rings. The van der Waals surface area contributed by atoms with Crippen molar-refractivity contribution in [2.24, 2.45) is 0 Å². The lowest BCUT2D eigenvalue weighted by Gasteiger charge is -2.11. The van der Waals surface area contributed by atoms with E-state index in [2.05, 4.69) is 16.8 Å². The minimum absolute atomic E-state index is 0.0616. The summed E-state index contributed by atoms with van der Waals surface area (Å²) in [5, 5.41) is 3.72. The Hall–Kier alpha value is -3.15. The van der Waals surface area contributed by atoms with Crippen LogP contribution in [0, 0.1) is 0 Å². The van der Waals surface area contributed by atoms with Crippen LogP contribution in [0.2, 0.25) is 0 Å². The van der Waals surface area contributed by atoms with Crippen LogP contribution in [-0.2, 0) is 11.3 Å². The van der Waals surface area contributed by atoms with E-state index < -0.39 is 0 Å². The summed E-state index contributed by atoms with van der Waals surface area (Å²) in [6.07, 6.45) is 0. The van der Waals surface area contributed by atoms with Crippen LogP contribution in [0.15, 0.2) is 42.5 Å². The molecule has 3 rings (SSSR count). The van der Waals surface area contributed by atoms with E-state index in [4.69, 9.17) is 15.2 Å². The minimum Gasteiger partial charge on any atom is -0.497 e. The lowest BCUT2D eigenvalue weighted by atomic mass is 10.1. The highest BCUT2D eigenvalue weighted by Crippen LogP contribution is 2.38. The number of anilines is 1. The summed E-state index contributed by atoms with van der Waals surface area (Å²) in [5.74, 6) is 1.50. The summed E-state index contributed by atoms with van der Waals surface area (Å²) in [5.41, 5.74) is 10.3. The molecule has 0 radical (unpaired) electrons. The SMILES string of the molecule is CCn1c(-c2ccc(OCCNC(C)=O)cc2)c(N)c2ccc(OC)cc21. The highest BCUT2D eigenvalue weighted by atomic mass is 16.5. The van der Waals surface area contributed by atoms with Crippen molar-refractivity contribution in [2.75, 3.05) is 26.0 Å². The van der Waals surface area contributed by atoms with Crippen molar-refractivity contribution in [3.8, 4) is 22.8 Å². The number of aryl methyl sites for hydroxylation is 1. The molecular formula is C21H25N3O3. The summed E-state index contributed by atoms with van der Waals surface area (Å²) < 4.78 is 13.2. The van der Waals surface area contributed by atoms with E-state index in [1.807, 2.05) is 42.5 Å². The van der Waals surface area contributed by atoms with Crippen molar-refractivity contribution in [3.63, 3.8) is 0 Å². The molecular weight excluding hydrogens is 342 g/mol. The standard InChI is InChI=1S/C21H25N3O3/c1-4-24-19-13-17(26-3)9-10-18(19)20(22)21(24)15-5-7-16(8-6-15)27-12-11-23-14(2)25/h5-10,13H,4,11-12,22H2,1-3H3,(H,23,25). The van der Waals surface area contributed by atoms with Crippen molar-refractivity contribution in [1.29, 1.82) is 0 Å². The fourth-order valence-electron chi connectivity index (χ4n) is 3.23. The highest BCUT2D eigenvalue weighted by molar-refractivity contribution is 6.01. The van der Waals surface area contributed by atoms with Crippen molar-refractivity contribution in [2.45, 2.75) is 20.4 Å². The Morgan fingerprint density at radius 3 is 2.48 bits per heavy atom. The van der Waals surface area contributed by atoms with Gasteiger partial charge in [-0.25, -0.2) is 0 Å². The van der Waals surface area contributed by atoms with E-state index in [-0.39, 0.29) is 5.91 Å². The normalized spacial score (nSPS) is 10.8. The molecule has 0 aliphatic rings. The molecule has 0 aliphatic carbocycles. The van der Waals surface area contributed by atoms with Gasteiger partial charge in [-0.15, -0.1) is 0 Å². The van der Waals surface area contributed by atoms with Gasteiger partial charge in [0.25, 0.3) is 0 Å². The first-order valence-corrected chi connectivity index (χ1v) is 8.98. The molecule has 0 aliphatic heterocycles. The number of carbonyl (C=O) groups is 1. The van der Waals surface area contributed by atoms with Crippen LogP contribution in [0.25, 0.3) is 22.2 Å². The second-order valence-electron chi connectivity index (χ2n) is 6.25. The van der Waals surface area contributed by atoms with Gasteiger partial charge in [0.15, 0.2) is 0 Å². The third kappa shape index (κ3) is 3.84. The monoisotopic (exact) mass is 367 g/mol. The number of aromatic nitrogens is 1. The Kier molecular flexibility index (Phi) is 5.54. The van der Waals surface area contributed by atoms with E-state index in [0.29, 0.717) is 13.2 Å². The molecule has 6 heteroatoms. The van der Waals surface area contributed by atoms with Crippen LogP contribution in [0.4, 0.5) is 5.69 Å². The first kappa shape index (κ1) is 18.6. The lowest BCUT2D eigenvalue weighted by Crippen LogP contribution is -2.25. The predicted molar refractivity (Wildman–Crippen MR) is 108 cm³/mol. The van der Waals surface area contributed by atoms with Gasteiger partial charge in [-0.2, -0.15) is 0 Å². The largest absolute Gasteiger partial charge is 0.497 e. The zero-order chi connectivity index (χ0) is 19.4. The predicted octanol–water partition coefficient (Wildman–Crippen LogP) is 3.43. The second kappa shape index (κ2) is 8.03. The van der Waals surface area contributed by atoms with E-state index in [0.717, 1.165) is 45.9 Å². The second-order valence-corrected chi connectivity index (χ2v) is 6.25. The van der Waals surface area contributed by atoms with Gasteiger partial charge in [-0.3, -0.25) is 4.79 Å². The first-order chi connectivity index (χ1) is 13.0. The van der Waals surface area contributed by atoms with Crippen LogP contribution in [-0.4, -0.2) is 30.7 Å². The van der Waals surface area contributed by atoms with Crippen LogP contribution < -0.4 is 20.5 Å². The van der Waals surface area contributed by atoms with Crippen LogP contribution >= 0.6 is 0 Å². The average Bonchev–Trinajstić information content (AvgIpc) is 2.96. The van der Waals surface area contributed by atoms with Crippen LogP contribution in [0.1, 0.15) is 13.8 Å². The van der Waals surface area contributed by atoms with E-state index in [1.165, 1.54) is 6.92 Å². The van der Waals surface area contributed by atoms with Crippen LogP contribution in [0.5, 0.6) is 11.5 Å².